The Morgan fingerprint density at radius 2 is 2.04 bits per heavy atom. The van der Waals surface area contributed by atoms with Gasteiger partial charge in [-0.25, -0.2) is 5.43 Å². The lowest BCUT2D eigenvalue weighted by molar-refractivity contribution is 0.0950. The Bertz CT molecular complexity index is 1070. The number of para-hydroxylation sites is 1. The van der Waals surface area contributed by atoms with Crippen LogP contribution >= 0.6 is 11.6 Å². The van der Waals surface area contributed by atoms with E-state index in [1.54, 1.807) is 55.5 Å². The van der Waals surface area contributed by atoms with Gasteiger partial charge in [-0.3, -0.25) is 9.59 Å². The fourth-order valence-corrected chi connectivity index (χ4v) is 2.92. The minimum absolute atomic E-state index is 0.339. The van der Waals surface area contributed by atoms with E-state index in [-0.39, 0.29) is 11.3 Å². The molecule has 0 radical (unpaired) electrons. The third-order valence-corrected chi connectivity index (χ3v) is 4.15. The summed E-state index contributed by atoms with van der Waals surface area (Å²) < 4.78 is 1.44. The molecule has 0 aliphatic carbocycles. The molecule has 26 heavy (non-hydrogen) atoms. The van der Waals surface area contributed by atoms with Gasteiger partial charge in [0.2, 0.25) is 0 Å². The summed E-state index contributed by atoms with van der Waals surface area (Å²) in [4.78, 5) is 25.1. The highest BCUT2D eigenvalue weighted by atomic mass is 35.5. The molecule has 0 aliphatic heterocycles. The van der Waals surface area contributed by atoms with Gasteiger partial charge in [-0.15, -0.1) is 0 Å². The molecule has 0 saturated heterocycles. The van der Waals surface area contributed by atoms with E-state index in [9.17, 15) is 14.7 Å². The predicted molar refractivity (Wildman–Crippen MR) is 102 cm³/mol. The fourth-order valence-electron chi connectivity index (χ4n) is 2.72. The second-order valence-corrected chi connectivity index (χ2v) is 5.98. The number of pyridine rings is 1. The van der Waals surface area contributed by atoms with Crippen LogP contribution in [-0.4, -0.2) is 21.8 Å². The van der Waals surface area contributed by atoms with Crippen LogP contribution in [0.1, 0.15) is 22.8 Å². The standard InChI is InChI=1S/C19H16ClN3O3/c1-2-23-15-9-4-3-8-14(15)17(24)16(19(23)26)18(25)22-21-11-12-6-5-7-13(20)10-12/h3-11,24H,2H2,1H3,(H,22,25)/b21-11+. The Labute approximate surface area is 154 Å². The summed E-state index contributed by atoms with van der Waals surface area (Å²) in [6.45, 7) is 2.16. The maximum atomic E-state index is 12.6. The smallest absolute Gasteiger partial charge is 0.280 e. The number of nitrogens with zero attached hydrogens (tertiary/aromatic N) is 2. The summed E-state index contributed by atoms with van der Waals surface area (Å²) in [6, 6.07) is 13.8. The molecule has 7 heteroatoms. The third-order valence-electron chi connectivity index (χ3n) is 3.92. The molecule has 2 N–H and O–H groups in total. The normalized spacial score (nSPS) is 11.2. The van der Waals surface area contributed by atoms with Crippen LogP contribution in [0, 0.1) is 0 Å². The van der Waals surface area contributed by atoms with Crippen molar-refractivity contribution in [2.24, 2.45) is 5.10 Å². The van der Waals surface area contributed by atoms with E-state index >= 15 is 0 Å². The number of aryl methyl sites for hydroxylation is 1. The molecule has 1 heterocycles. The van der Waals surface area contributed by atoms with Gasteiger partial charge in [-0.1, -0.05) is 35.9 Å². The number of rotatable bonds is 4. The number of halogens is 1. The van der Waals surface area contributed by atoms with Crippen LogP contribution < -0.4 is 11.0 Å². The number of hydrogen-bond acceptors (Lipinski definition) is 4. The van der Waals surface area contributed by atoms with Crippen molar-refractivity contribution in [2.75, 3.05) is 0 Å². The van der Waals surface area contributed by atoms with Gasteiger partial charge in [0, 0.05) is 17.0 Å². The minimum atomic E-state index is -0.779. The summed E-state index contributed by atoms with van der Waals surface area (Å²) in [6.07, 6.45) is 1.40. The molecule has 0 unspecified atom stereocenters. The Kier molecular flexibility index (Phi) is 5.04. The van der Waals surface area contributed by atoms with Crippen molar-refractivity contribution < 1.29 is 9.90 Å². The van der Waals surface area contributed by atoms with Crippen LogP contribution in [-0.2, 0) is 6.54 Å². The van der Waals surface area contributed by atoms with Crippen LogP contribution in [0.2, 0.25) is 5.02 Å². The lowest BCUT2D eigenvalue weighted by Gasteiger charge is -2.12. The van der Waals surface area contributed by atoms with Gasteiger partial charge in [-0.2, -0.15) is 5.10 Å². The number of carbonyl (C=O) groups is 1. The van der Waals surface area contributed by atoms with Gasteiger partial charge in [0.05, 0.1) is 11.7 Å². The summed E-state index contributed by atoms with van der Waals surface area (Å²) in [7, 11) is 0. The quantitative estimate of drug-likeness (QED) is 0.547. The Balaban J connectivity index is 1.97. The summed E-state index contributed by atoms with van der Waals surface area (Å²) in [5.74, 6) is -1.13. The molecule has 0 saturated carbocycles. The number of hydrazone groups is 1. The molecule has 2 aromatic carbocycles. The molecule has 1 aromatic heterocycles. The fraction of sp³-hybridized carbons (Fsp3) is 0.105. The molecule has 6 nitrogen and oxygen atoms in total. The number of nitrogens with one attached hydrogen (secondary N) is 1. The molecule has 1 amide bonds. The number of aromatic nitrogens is 1. The Morgan fingerprint density at radius 1 is 1.27 bits per heavy atom. The predicted octanol–water partition coefficient (Wildman–Crippen LogP) is 3.14. The summed E-state index contributed by atoms with van der Waals surface area (Å²) in [5.41, 5.74) is 2.62. The Morgan fingerprint density at radius 3 is 2.77 bits per heavy atom. The van der Waals surface area contributed by atoms with Crippen LogP contribution in [0.5, 0.6) is 5.75 Å². The van der Waals surface area contributed by atoms with Crippen molar-refractivity contribution in [3.8, 4) is 5.75 Å². The van der Waals surface area contributed by atoms with Crippen molar-refractivity contribution in [3.05, 3.63) is 75.0 Å². The maximum absolute atomic E-state index is 12.6. The molecule has 0 spiro atoms. The molecule has 3 rings (SSSR count). The van der Waals surface area contributed by atoms with E-state index in [0.717, 1.165) is 0 Å². The number of amides is 1. The number of benzene rings is 2. The molecule has 0 aliphatic rings. The lowest BCUT2D eigenvalue weighted by Crippen LogP contribution is -2.31. The van der Waals surface area contributed by atoms with Crippen LogP contribution in [0.3, 0.4) is 0 Å². The van der Waals surface area contributed by atoms with Crippen LogP contribution in [0.15, 0.2) is 58.4 Å². The zero-order valence-corrected chi connectivity index (χ0v) is 14.7. The molecule has 132 valence electrons. The zero-order chi connectivity index (χ0) is 18.7. The first-order chi connectivity index (χ1) is 12.5. The average molecular weight is 370 g/mol. The Hall–Kier alpha value is -3.12. The van der Waals surface area contributed by atoms with Gasteiger partial charge in [0.15, 0.2) is 0 Å². The highest BCUT2D eigenvalue weighted by molar-refractivity contribution is 6.30. The first kappa shape index (κ1) is 17.7. The highest BCUT2D eigenvalue weighted by Gasteiger charge is 2.21. The number of fused-ring (bicyclic) bond motifs is 1. The number of aromatic hydroxyl groups is 1. The summed E-state index contributed by atoms with van der Waals surface area (Å²) in [5, 5.41) is 15.2. The number of carbonyl (C=O) groups excluding carboxylic acids is 1. The first-order valence-corrected chi connectivity index (χ1v) is 8.34. The van der Waals surface area contributed by atoms with Crippen LogP contribution in [0.25, 0.3) is 10.9 Å². The van der Waals surface area contributed by atoms with Gasteiger partial charge in [0.1, 0.15) is 11.3 Å². The minimum Gasteiger partial charge on any atom is -0.506 e. The monoisotopic (exact) mass is 369 g/mol. The second-order valence-electron chi connectivity index (χ2n) is 5.54. The molecular formula is C19H16ClN3O3. The largest absolute Gasteiger partial charge is 0.506 e. The van der Waals surface area contributed by atoms with E-state index < -0.39 is 11.5 Å². The second kappa shape index (κ2) is 7.41. The van der Waals surface area contributed by atoms with E-state index in [0.29, 0.717) is 28.0 Å². The van der Waals surface area contributed by atoms with Gasteiger partial charge >= 0.3 is 0 Å². The molecule has 0 bridgehead atoms. The van der Waals surface area contributed by atoms with Gasteiger partial charge in [-0.05, 0) is 36.8 Å². The highest BCUT2D eigenvalue weighted by Crippen LogP contribution is 2.26. The molecular weight excluding hydrogens is 354 g/mol. The van der Waals surface area contributed by atoms with E-state index in [4.69, 9.17) is 11.6 Å². The SMILES string of the molecule is CCn1c(=O)c(C(=O)N/N=C/c2cccc(Cl)c2)c(O)c2ccccc21. The van der Waals surface area contributed by atoms with E-state index in [2.05, 4.69) is 10.5 Å². The molecule has 0 atom stereocenters. The number of hydrogen-bond donors (Lipinski definition) is 2. The average Bonchev–Trinajstić information content (AvgIpc) is 2.62. The molecule has 0 fully saturated rings. The van der Waals surface area contributed by atoms with E-state index in [1.807, 2.05) is 0 Å². The van der Waals surface area contributed by atoms with Crippen molar-refractivity contribution in [1.29, 1.82) is 0 Å². The van der Waals surface area contributed by atoms with Crippen LogP contribution in [0.4, 0.5) is 0 Å². The lowest BCUT2D eigenvalue weighted by atomic mass is 10.1. The van der Waals surface area contributed by atoms with Crippen molar-refractivity contribution in [3.63, 3.8) is 0 Å². The zero-order valence-electron chi connectivity index (χ0n) is 13.9. The maximum Gasteiger partial charge on any atom is 0.280 e. The van der Waals surface area contributed by atoms with Crippen molar-refractivity contribution >= 4 is 34.6 Å². The van der Waals surface area contributed by atoms with Gasteiger partial charge < -0.3 is 9.67 Å². The van der Waals surface area contributed by atoms with Crippen molar-refractivity contribution in [2.45, 2.75) is 13.5 Å². The van der Waals surface area contributed by atoms with Gasteiger partial charge in [0.25, 0.3) is 11.5 Å². The van der Waals surface area contributed by atoms with E-state index in [1.165, 1.54) is 10.8 Å². The molecule has 3 aromatic rings. The van der Waals surface area contributed by atoms with Crippen molar-refractivity contribution in [1.82, 2.24) is 9.99 Å². The first-order valence-electron chi connectivity index (χ1n) is 7.96. The summed E-state index contributed by atoms with van der Waals surface area (Å²) >= 11 is 5.89. The third kappa shape index (κ3) is 3.32. The topological polar surface area (TPSA) is 83.7 Å².